The van der Waals surface area contributed by atoms with Crippen molar-refractivity contribution in [3.63, 3.8) is 0 Å². The van der Waals surface area contributed by atoms with Gasteiger partial charge in [0.15, 0.2) is 0 Å². The Morgan fingerprint density at radius 1 is 1.43 bits per heavy atom. The number of nitrogen functional groups attached to an aromatic ring is 1. The first-order chi connectivity index (χ1) is 10.1. The van der Waals surface area contributed by atoms with E-state index in [1.807, 2.05) is 13.0 Å². The summed E-state index contributed by atoms with van der Waals surface area (Å²) in [4.78, 5) is 21.6. The van der Waals surface area contributed by atoms with E-state index in [-0.39, 0.29) is 18.1 Å². The molecule has 21 heavy (non-hydrogen) atoms. The average Bonchev–Trinajstić information content (AvgIpc) is 2.47. The first kappa shape index (κ1) is 15.1. The van der Waals surface area contributed by atoms with Crippen LogP contribution in [0.1, 0.15) is 19.8 Å². The van der Waals surface area contributed by atoms with Gasteiger partial charge in [0, 0.05) is 32.2 Å². The van der Waals surface area contributed by atoms with Gasteiger partial charge >= 0.3 is 6.09 Å². The largest absolute Gasteiger partial charge is 0.450 e. The van der Waals surface area contributed by atoms with Crippen LogP contribution >= 0.6 is 0 Å². The van der Waals surface area contributed by atoms with Gasteiger partial charge in [0.2, 0.25) is 5.95 Å². The van der Waals surface area contributed by atoms with E-state index >= 15 is 0 Å². The summed E-state index contributed by atoms with van der Waals surface area (Å²) in [6.45, 7) is 3.57. The number of aromatic nitrogens is 2. The van der Waals surface area contributed by atoms with Crippen LogP contribution < -0.4 is 16.4 Å². The zero-order chi connectivity index (χ0) is 15.2. The van der Waals surface area contributed by atoms with E-state index in [2.05, 4.69) is 20.6 Å². The van der Waals surface area contributed by atoms with Gasteiger partial charge in [0.25, 0.3) is 0 Å². The molecule has 8 heteroatoms. The number of likely N-dealkylation sites (tertiary alicyclic amines) is 1. The predicted octanol–water partition coefficient (Wildman–Crippen LogP) is 1.13. The maximum Gasteiger partial charge on any atom is 0.409 e. The molecule has 0 unspecified atom stereocenters. The summed E-state index contributed by atoms with van der Waals surface area (Å²) < 4.78 is 5.00. The molecule has 1 amide bonds. The Bertz CT molecular complexity index is 488. The normalized spacial score (nSPS) is 15.6. The zero-order valence-electron chi connectivity index (χ0n) is 12.4. The molecule has 2 rings (SSSR count). The zero-order valence-corrected chi connectivity index (χ0v) is 12.4. The molecule has 4 N–H and O–H groups in total. The highest BCUT2D eigenvalue weighted by Gasteiger charge is 2.23. The lowest BCUT2D eigenvalue weighted by molar-refractivity contribution is 0.0983. The predicted molar refractivity (Wildman–Crippen MR) is 81.2 cm³/mol. The molecule has 1 saturated heterocycles. The van der Waals surface area contributed by atoms with E-state index in [1.54, 1.807) is 11.9 Å². The summed E-state index contributed by atoms with van der Waals surface area (Å²) in [5.74, 6) is 1.60. The summed E-state index contributed by atoms with van der Waals surface area (Å²) in [6, 6.07) is 2.07. The third-order valence-electron chi connectivity index (χ3n) is 3.37. The van der Waals surface area contributed by atoms with Crippen LogP contribution in [-0.4, -0.2) is 53.7 Å². The molecule has 0 aliphatic carbocycles. The Morgan fingerprint density at radius 3 is 2.71 bits per heavy atom. The first-order valence-corrected chi connectivity index (χ1v) is 7.13. The summed E-state index contributed by atoms with van der Waals surface area (Å²) in [5.41, 5.74) is 5.66. The average molecular weight is 294 g/mol. The summed E-state index contributed by atoms with van der Waals surface area (Å²) >= 11 is 0. The van der Waals surface area contributed by atoms with Gasteiger partial charge in [-0.15, -0.1) is 0 Å². The van der Waals surface area contributed by atoms with E-state index in [1.165, 1.54) is 0 Å². The number of rotatable bonds is 4. The number of hydrogen-bond acceptors (Lipinski definition) is 7. The van der Waals surface area contributed by atoms with Gasteiger partial charge in [0.1, 0.15) is 11.6 Å². The van der Waals surface area contributed by atoms with Crippen molar-refractivity contribution in [2.45, 2.75) is 25.8 Å². The molecule has 1 aromatic heterocycles. The number of nitrogens with zero attached hydrogens (tertiary/aromatic N) is 3. The van der Waals surface area contributed by atoms with E-state index in [9.17, 15) is 4.79 Å². The Labute approximate surface area is 124 Å². The quantitative estimate of drug-likeness (QED) is 0.764. The van der Waals surface area contributed by atoms with Gasteiger partial charge in [-0.05, 0) is 19.8 Å². The second-order valence-corrected chi connectivity index (χ2v) is 4.85. The molecule has 0 spiro atoms. The van der Waals surface area contributed by atoms with Crippen LogP contribution in [-0.2, 0) is 4.74 Å². The number of piperidine rings is 1. The van der Waals surface area contributed by atoms with Crippen LogP contribution in [0.2, 0.25) is 0 Å². The fraction of sp³-hybridized carbons (Fsp3) is 0.615. The molecule has 8 nitrogen and oxygen atoms in total. The number of ether oxygens (including phenoxy) is 1. The van der Waals surface area contributed by atoms with E-state index < -0.39 is 0 Å². The highest BCUT2D eigenvalue weighted by Crippen LogP contribution is 2.18. The maximum atomic E-state index is 11.6. The minimum Gasteiger partial charge on any atom is -0.450 e. The molecule has 0 saturated carbocycles. The number of anilines is 3. The number of hydrogen-bond donors (Lipinski definition) is 3. The van der Waals surface area contributed by atoms with Crippen LogP contribution in [0, 0.1) is 0 Å². The topological polar surface area (TPSA) is 105 Å². The first-order valence-electron chi connectivity index (χ1n) is 7.13. The number of nitrogens with two attached hydrogens (primary N) is 1. The number of amides is 1. The highest BCUT2D eigenvalue weighted by molar-refractivity contribution is 5.67. The van der Waals surface area contributed by atoms with Crippen molar-refractivity contribution in [3.05, 3.63) is 6.07 Å². The number of nitrogens with one attached hydrogen (secondary N) is 2. The van der Waals surface area contributed by atoms with Crippen molar-refractivity contribution in [1.29, 1.82) is 0 Å². The van der Waals surface area contributed by atoms with E-state index in [4.69, 9.17) is 10.5 Å². The van der Waals surface area contributed by atoms with Gasteiger partial charge in [-0.3, -0.25) is 0 Å². The SMILES string of the molecule is CCOC(=O)N1CCC(Nc2cc(NC)nc(N)n2)CC1. The van der Waals surface area contributed by atoms with Crippen molar-refractivity contribution in [2.75, 3.05) is 43.1 Å². The number of carbonyl (C=O) groups is 1. The smallest absolute Gasteiger partial charge is 0.409 e. The number of carbonyl (C=O) groups excluding carboxylic acids is 1. The molecule has 0 aromatic carbocycles. The molecule has 1 aliphatic rings. The molecule has 0 radical (unpaired) electrons. The molecular formula is C13H22N6O2. The standard InChI is InChI=1S/C13H22N6O2/c1-3-21-13(20)19-6-4-9(5-7-19)16-11-8-10(15-2)17-12(14)18-11/h8-9H,3-7H2,1-2H3,(H4,14,15,16,17,18). The Morgan fingerprint density at radius 2 is 2.10 bits per heavy atom. The fourth-order valence-corrected chi connectivity index (χ4v) is 2.30. The Hall–Kier alpha value is -2.25. The van der Waals surface area contributed by atoms with Crippen molar-refractivity contribution in [3.8, 4) is 0 Å². The molecular weight excluding hydrogens is 272 g/mol. The lowest BCUT2D eigenvalue weighted by Crippen LogP contribution is -2.42. The van der Waals surface area contributed by atoms with Gasteiger partial charge in [-0.25, -0.2) is 4.79 Å². The lowest BCUT2D eigenvalue weighted by atomic mass is 10.1. The molecule has 0 bridgehead atoms. The van der Waals surface area contributed by atoms with Gasteiger partial charge in [-0.1, -0.05) is 0 Å². The highest BCUT2D eigenvalue weighted by atomic mass is 16.6. The van der Waals surface area contributed by atoms with Gasteiger partial charge in [0.05, 0.1) is 6.61 Å². The summed E-state index contributed by atoms with van der Waals surface area (Å²) in [7, 11) is 1.78. The Balaban J connectivity index is 1.89. The van der Waals surface area contributed by atoms with Crippen LogP contribution in [0.4, 0.5) is 22.4 Å². The molecule has 1 fully saturated rings. The monoisotopic (exact) mass is 294 g/mol. The van der Waals surface area contributed by atoms with Crippen molar-refractivity contribution in [2.24, 2.45) is 0 Å². The van der Waals surface area contributed by atoms with E-state index in [0.717, 1.165) is 12.8 Å². The van der Waals surface area contributed by atoms with E-state index in [0.29, 0.717) is 31.3 Å². The minimum absolute atomic E-state index is 0.230. The van der Waals surface area contributed by atoms with Gasteiger partial charge in [-0.2, -0.15) is 9.97 Å². The Kier molecular flexibility index (Phi) is 5.02. The lowest BCUT2D eigenvalue weighted by Gasteiger charge is -2.31. The molecule has 1 aromatic rings. The summed E-state index contributed by atoms with van der Waals surface area (Å²) in [5, 5.41) is 6.28. The van der Waals surface area contributed by atoms with Crippen LogP contribution in [0.5, 0.6) is 0 Å². The molecule has 2 heterocycles. The third kappa shape index (κ3) is 4.11. The minimum atomic E-state index is -0.236. The molecule has 1 aliphatic heterocycles. The summed E-state index contributed by atoms with van der Waals surface area (Å²) in [6.07, 6.45) is 1.45. The third-order valence-corrected chi connectivity index (χ3v) is 3.37. The molecule has 0 atom stereocenters. The van der Waals surface area contributed by atoms with Crippen LogP contribution in [0.3, 0.4) is 0 Å². The second-order valence-electron chi connectivity index (χ2n) is 4.85. The van der Waals surface area contributed by atoms with Crippen molar-refractivity contribution >= 4 is 23.7 Å². The molecule has 116 valence electrons. The van der Waals surface area contributed by atoms with Gasteiger partial charge < -0.3 is 26.0 Å². The second kappa shape index (κ2) is 6.96. The van der Waals surface area contributed by atoms with Crippen LogP contribution in [0.15, 0.2) is 6.07 Å². The van der Waals surface area contributed by atoms with Crippen molar-refractivity contribution in [1.82, 2.24) is 14.9 Å². The van der Waals surface area contributed by atoms with Crippen LogP contribution in [0.25, 0.3) is 0 Å². The maximum absolute atomic E-state index is 11.6. The van der Waals surface area contributed by atoms with Crippen molar-refractivity contribution < 1.29 is 9.53 Å². The fourth-order valence-electron chi connectivity index (χ4n) is 2.30.